The summed E-state index contributed by atoms with van der Waals surface area (Å²) >= 11 is 0. The van der Waals surface area contributed by atoms with Crippen molar-refractivity contribution in [3.05, 3.63) is 41.8 Å². The predicted octanol–water partition coefficient (Wildman–Crippen LogP) is 1.98. The maximum absolute atomic E-state index is 5.36. The molecule has 0 spiro atoms. The van der Waals surface area contributed by atoms with Crippen LogP contribution in [0.25, 0.3) is 0 Å². The van der Waals surface area contributed by atoms with E-state index in [1.165, 1.54) is 0 Å². The molecule has 0 N–H and O–H groups in total. The first-order chi connectivity index (χ1) is 11.2. The minimum absolute atomic E-state index is 0.551. The Labute approximate surface area is 137 Å². The normalized spacial score (nSPS) is 17.0. The van der Waals surface area contributed by atoms with Gasteiger partial charge in [-0.1, -0.05) is 25.1 Å². The number of pyridine rings is 1. The van der Waals surface area contributed by atoms with Gasteiger partial charge in [0.05, 0.1) is 12.2 Å². The Kier molecular flexibility index (Phi) is 5.35. The van der Waals surface area contributed by atoms with Crippen LogP contribution < -0.4 is 0 Å². The molecule has 0 amide bonds. The molecule has 0 aromatic carbocycles. The van der Waals surface area contributed by atoms with Crippen LogP contribution in [-0.2, 0) is 19.5 Å². The van der Waals surface area contributed by atoms with Crippen LogP contribution in [0.5, 0.6) is 0 Å². The van der Waals surface area contributed by atoms with Gasteiger partial charge in [-0.3, -0.25) is 14.8 Å². The van der Waals surface area contributed by atoms with Crippen LogP contribution in [0.1, 0.15) is 31.3 Å². The largest absolute Gasteiger partial charge is 0.338 e. The van der Waals surface area contributed by atoms with E-state index in [9.17, 15) is 0 Å². The molecule has 124 valence electrons. The van der Waals surface area contributed by atoms with Crippen LogP contribution in [0.4, 0.5) is 0 Å². The summed E-state index contributed by atoms with van der Waals surface area (Å²) in [7, 11) is 0. The standard InChI is InChI=1S/C17H25N5O/c1-14(2)11-16-19-17(23-20-16)13-22-9-7-21(8-10-22)12-15-5-3-4-6-18-15/h3-6,14H,7-13H2,1-2H3. The third-order valence-corrected chi connectivity index (χ3v) is 4.04. The zero-order valence-corrected chi connectivity index (χ0v) is 14.0. The van der Waals surface area contributed by atoms with Gasteiger partial charge in [0, 0.05) is 45.3 Å². The summed E-state index contributed by atoms with van der Waals surface area (Å²) in [6.45, 7) is 10.1. The van der Waals surface area contributed by atoms with Crippen LogP contribution in [0, 0.1) is 5.92 Å². The van der Waals surface area contributed by atoms with Gasteiger partial charge in [0.2, 0.25) is 5.89 Å². The van der Waals surface area contributed by atoms with E-state index in [1.807, 2.05) is 18.3 Å². The molecule has 3 heterocycles. The second kappa shape index (κ2) is 7.66. The average Bonchev–Trinajstić information content (AvgIpc) is 2.96. The van der Waals surface area contributed by atoms with Gasteiger partial charge in [-0.15, -0.1) is 0 Å². The fraction of sp³-hybridized carbons (Fsp3) is 0.588. The zero-order chi connectivity index (χ0) is 16.1. The van der Waals surface area contributed by atoms with Crippen LogP contribution in [0.15, 0.2) is 28.9 Å². The highest BCUT2D eigenvalue weighted by atomic mass is 16.5. The van der Waals surface area contributed by atoms with Gasteiger partial charge in [0.25, 0.3) is 0 Å². The van der Waals surface area contributed by atoms with E-state index in [-0.39, 0.29) is 0 Å². The number of rotatable bonds is 6. The molecular weight excluding hydrogens is 290 g/mol. The van der Waals surface area contributed by atoms with Crippen LogP contribution >= 0.6 is 0 Å². The number of aromatic nitrogens is 3. The van der Waals surface area contributed by atoms with E-state index < -0.39 is 0 Å². The highest BCUT2D eigenvalue weighted by Gasteiger charge is 2.19. The van der Waals surface area contributed by atoms with Gasteiger partial charge in [-0.25, -0.2) is 0 Å². The van der Waals surface area contributed by atoms with E-state index in [2.05, 4.69) is 44.8 Å². The predicted molar refractivity (Wildman–Crippen MR) is 87.6 cm³/mol. The summed E-state index contributed by atoms with van der Waals surface area (Å²) in [4.78, 5) is 13.7. The number of nitrogens with zero attached hydrogens (tertiary/aromatic N) is 5. The van der Waals surface area contributed by atoms with Crippen molar-refractivity contribution in [3.63, 3.8) is 0 Å². The first-order valence-electron chi connectivity index (χ1n) is 8.35. The zero-order valence-electron chi connectivity index (χ0n) is 14.0. The Morgan fingerprint density at radius 2 is 1.83 bits per heavy atom. The Balaban J connectivity index is 1.45. The van der Waals surface area contributed by atoms with Gasteiger partial charge in [0.1, 0.15) is 0 Å². The lowest BCUT2D eigenvalue weighted by Gasteiger charge is -2.33. The van der Waals surface area contributed by atoms with E-state index in [1.54, 1.807) is 0 Å². The maximum atomic E-state index is 5.36. The van der Waals surface area contributed by atoms with Crippen molar-refractivity contribution in [3.8, 4) is 0 Å². The summed E-state index contributed by atoms with van der Waals surface area (Å²) in [5.41, 5.74) is 1.14. The number of hydrogen-bond donors (Lipinski definition) is 0. The van der Waals surface area contributed by atoms with E-state index >= 15 is 0 Å². The van der Waals surface area contributed by atoms with Crippen molar-refractivity contribution >= 4 is 0 Å². The van der Waals surface area contributed by atoms with Crippen LogP contribution in [0.2, 0.25) is 0 Å². The molecule has 1 fully saturated rings. The first-order valence-corrected chi connectivity index (χ1v) is 8.35. The molecule has 0 aliphatic carbocycles. The van der Waals surface area contributed by atoms with Gasteiger partial charge >= 0.3 is 0 Å². The summed E-state index contributed by atoms with van der Waals surface area (Å²) in [5, 5.41) is 4.06. The minimum atomic E-state index is 0.551. The lowest BCUT2D eigenvalue weighted by Crippen LogP contribution is -2.45. The second-order valence-corrected chi connectivity index (χ2v) is 6.58. The summed E-state index contributed by atoms with van der Waals surface area (Å²) in [6.07, 6.45) is 2.73. The molecule has 0 radical (unpaired) electrons. The van der Waals surface area contributed by atoms with E-state index in [0.717, 1.165) is 63.1 Å². The molecule has 0 atom stereocenters. The molecule has 0 saturated carbocycles. The Hall–Kier alpha value is -1.79. The molecule has 2 aromatic heterocycles. The van der Waals surface area contributed by atoms with Gasteiger partial charge in [-0.2, -0.15) is 4.98 Å². The molecule has 23 heavy (non-hydrogen) atoms. The van der Waals surface area contributed by atoms with Crippen molar-refractivity contribution in [2.75, 3.05) is 26.2 Å². The van der Waals surface area contributed by atoms with Gasteiger partial charge in [-0.05, 0) is 18.1 Å². The summed E-state index contributed by atoms with van der Waals surface area (Å²) in [6, 6.07) is 6.09. The van der Waals surface area contributed by atoms with Crippen molar-refractivity contribution in [2.45, 2.75) is 33.4 Å². The van der Waals surface area contributed by atoms with Crippen molar-refractivity contribution < 1.29 is 4.52 Å². The third kappa shape index (κ3) is 4.84. The molecule has 1 saturated heterocycles. The molecule has 1 aliphatic rings. The molecule has 6 nitrogen and oxygen atoms in total. The topological polar surface area (TPSA) is 58.3 Å². The quantitative estimate of drug-likeness (QED) is 0.812. The Bertz CT molecular complexity index is 590. The second-order valence-electron chi connectivity index (χ2n) is 6.58. The van der Waals surface area contributed by atoms with Crippen molar-refractivity contribution in [1.29, 1.82) is 0 Å². The lowest BCUT2D eigenvalue weighted by atomic mass is 10.1. The molecule has 0 bridgehead atoms. The van der Waals surface area contributed by atoms with Crippen molar-refractivity contribution in [2.24, 2.45) is 5.92 Å². The highest BCUT2D eigenvalue weighted by molar-refractivity contribution is 5.03. The smallest absolute Gasteiger partial charge is 0.240 e. The van der Waals surface area contributed by atoms with Crippen molar-refractivity contribution in [1.82, 2.24) is 24.9 Å². The Morgan fingerprint density at radius 3 is 2.48 bits per heavy atom. The number of piperazine rings is 1. The van der Waals surface area contributed by atoms with E-state index in [0.29, 0.717) is 5.92 Å². The molecule has 3 rings (SSSR count). The summed E-state index contributed by atoms with van der Waals surface area (Å²) < 4.78 is 5.36. The maximum Gasteiger partial charge on any atom is 0.240 e. The minimum Gasteiger partial charge on any atom is -0.338 e. The number of hydrogen-bond acceptors (Lipinski definition) is 6. The fourth-order valence-corrected chi connectivity index (χ4v) is 2.82. The average molecular weight is 315 g/mol. The first kappa shape index (κ1) is 16.1. The molecule has 2 aromatic rings. The van der Waals surface area contributed by atoms with Crippen LogP contribution in [-0.4, -0.2) is 51.1 Å². The molecular formula is C17H25N5O. The third-order valence-electron chi connectivity index (χ3n) is 4.04. The van der Waals surface area contributed by atoms with Crippen LogP contribution in [0.3, 0.4) is 0 Å². The van der Waals surface area contributed by atoms with Gasteiger partial charge < -0.3 is 4.52 Å². The monoisotopic (exact) mass is 315 g/mol. The Morgan fingerprint density at radius 1 is 1.09 bits per heavy atom. The molecule has 6 heteroatoms. The molecule has 1 aliphatic heterocycles. The SMILES string of the molecule is CC(C)Cc1noc(CN2CCN(Cc3ccccn3)CC2)n1. The fourth-order valence-electron chi connectivity index (χ4n) is 2.82. The highest BCUT2D eigenvalue weighted by Crippen LogP contribution is 2.11. The summed E-state index contributed by atoms with van der Waals surface area (Å²) in [5.74, 6) is 2.11. The molecule has 0 unspecified atom stereocenters. The van der Waals surface area contributed by atoms with Gasteiger partial charge in [0.15, 0.2) is 5.82 Å². The van der Waals surface area contributed by atoms with E-state index in [4.69, 9.17) is 4.52 Å². The lowest BCUT2D eigenvalue weighted by molar-refractivity contribution is 0.111.